The zero-order valence-corrected chi connectivity index (χ0v) is 6.37. The highest BCUT2D eigenvalue weighted by Gasteiger charge is 1.99. The third-order valence-corrected chi connectivity index (χ3v) is 1.82. The smallest absolute Gasteiger partial charge is 0.191 e. The fourth-order valence-corrected chi connectivity index (χ4v) is 1.26. The van der Waals surface area contributed by atoms with Crippen LogP contribution in [0.3, 0.4) is 0 Å². The van der Waals surface area contributed by atoms with Gasteiger partial charge < -0.3 is 10.7 Å². The first-order chi connectivity index (χ1) is 5.79. The Bertz CT molecular complexity index is 468. The molecule has 12 heavy (non-hydrogen) atoms. The summed E-state index contributed by atoms with van der Waals surface area (Å²) in [7, 11) is 0. The summed E-state index contributed by atoms with van der Waals surface area (Å²) in [6, 6.07) is 6.83. The van der Waals surface area contributed by atoms with Crippen molar-refractivity contribution in [2.24, 2.45) is 0 Å². The highest BCUT2D eigenvalue weighted by atomic mass is 16.1. The lowest BCUT2D eigenvalue weighted by molar-refractivity contribution is 1.39. The Morgan fingerprint density at radius 2 is 2.08 bits per heavy atom. The van der Waals surface area contributed by atoms with E-state index in [-0.39, 0.29) is 5.43 Å². The number of nitrogens with two attached hydrogens (primary N) is 1. The van der Waals surface area contributed by atoms with Gasteiger partial charge in [-0.3, -0.25) is 4.79 Å². The molecule has 1 aromatic carbocycles. The van der Waals surface area contributed by atoms with E-state index in [9.17, 15) is 4.79 Å². The fraction of sp³-hybridized carbons (Fsp3) is 0. The monoisotopic (exact) mass is 160 g/mol. The molecule has 0 fully saturated rings. The Labute approximate surface area is 68.8 Å². The van der Waals surface area contributed by atoms with Crippen molar-refractivity contribution >= 4 is 16.6 Å². The van der Waals surface area contributed by atoms with Crippen molar-refractivity contribution in [1.29, 1.82) is 0 Å². The Balaban J connectivity index is 3.07. The van der Waals surface area contributed by atoms with Crippen LogP contribution in [0.2, 0.25) is 0 Å². The maximum atomic E-state index is 11.3. The zero-order valence-electron chi connectivity index (χ0n) is 6.37. The average Bonchev–Trinajstić information content (AvgIpc) is 2.04. The van der Waals surface area contributed by atoms with Crippen LogP contribution in [-0.4, -0.2) is 4.98 Å². The molecular weight excluding hydrogens is 152 g/mol. The largest absolute Gasteiger partial charge is 0.398 e. The van der Waals surface area contributed by atoms with Crippen LogP contribution in [-0.2, 0) is 0 Å². The van der Waals surface area contributed by atoms with Gasteiger partial charge in [-0.25, -0.2) is 0 Å². The molecule has 0 saturated heterocycles. The molecule has 0 aliphatic carbocycles. The van der Waals surface area contributed by atoms with Crippen LogP contribution in [0, 0.1) is 0 Å². The number of aromatic nitrogens is 1. The number of fused-ring (bicyclic) bond motifs is 1. The second-order valence-corrected chi connectivity index (χ2v) is 2.61. The molecule has 1 heterocycles. The van der Waals surface area contributed by atoms with Gasteiger partial charge in [-0.1, -0.05) is 6.07 Å². The van der Waals surface area contributed by atoms with Gasteiger partial charge in [-0.05, 0) is 12.1 Å². The Morgan fingerprint density at radius 3 is 2.83 bits per heavy atom. The van der Waals surface area contributed by atoms with Crippen LogP contribution in [0.4, 0.5) is 5.69 Å². The van der Waals surface area contributed by atoms with Gasteiger partial charge in [0.2, 0.25) is 0 Å². The van der Waals surface area contributed by atoms with E-state index in [1.807, 2.05) is 12.1 Å². The first-order valence-corrected chi connectivity index (χ1v) is 3.65. The molecule has 0 aliphatic heterocycles. The molecule has 60 valence electrons. The van der Waals surface area contributed by atoms with Crippen molar-refractivity contribution < 1.29 is 0 Å². The molecule has 3 N–H and O–H groups in total. The average molecular weight is 160 g/mol. The van der Waals surface area contributed by atoms with Crippen molar-refractivity contribution in [3.05, 3.63) is 40.7 Å². The van der Waals surface area contributed by atoms with Crippen LogP contribution < -0.4 is 11.2 Å². The van der Waals surface area contributed by atoms with Gasteiger partial charge in [0.05, 0.1) is 10.9 Å². The molecular formula is C9H8N2O. The number of aromatic amines is 1. The summed E-state index contributed by atoms with van der Waals surface area (Å²) >= 11 is 0. The quantitative estimate of drug-likeness (QED) is 0.567. The van der Waals surface area contributed by atoms with Gasteiger partial charge in [-0.2, -0.15) is 0 Å². The fourth-order valence-electron chi connectivity index (χ4n) is 1.26. The van der Waals surface area contributed by atoms with Crippen LogP contribution >= 0.6 is 0 Å². The number of benzene rings is 1. The summed E-state index contributed by atoms with van der Waals surface area (Å²) < 4.78 is 0. The molecule has 3 heteroatoms. The number of nitrogen functional groups attached to an aromatic ring is 1. The van der Waals surface area contributed by atoms with Gasteiger partial charge in [0.1, 0.15) is 0 Å². The van der Waals surface area contributed by atoms with Crippen LogP contribution in [0.1, 0.15) is 0 Å². The summed E-state index contributed by atoms with van der Waals surface area (Å²) in [4.78, 5) is 14.3. The summed E-state index contributed by atoms with van der Waals surface area (Å²) in [6.07, 6.45) is 1.62. The standard InChI is InChI=1S/C9H8N2O/c10-6-2-1-3-7-9(6)8(12)4-5-11-7/h1-5H,10H2,(H,11,12). The minimum Gasteiger partial charge on any atom is -0.398 e. The molecule has 2 aromatic rings. The number of rotatable bonds is 0. The van der Waals surface area contributed by atoms with E-state index in [0.29, 0.717) is 11.1 Å². The molecule has 0 radical (unpaired) electrons. The molecule has 0 amide bonds. The maximum absolute atomic E-state index is 11.3. The molecule has 1 aromatic heterocycles. The Morgan fingerprint density at radius 1 is 1.25 bits per heavy atom. The molecule has 0 aliphatic rings. The first-order valence-electron chi connectivity index (χ1n) is 3.65. The number of H-pyrrole nitrogens is 1. The lowest BCUT2D eigenvalue weighted by Crippen LogP contribution is -2.03. The Hall–Kier alpha value is -1.77. The van der Waals surface area contributed by atoms with Gasteiger partial charge in [0.25, 0.3) is 0 Å². The number of hydrogen-bond donors (Lipinski definition) is 2. The zero-order chi connectivity index (χ0) is 8.55. The van der Waals surface area contributed by atoms with E-state index in [4.69, 9.17) is 5.73 Å². The summed E-state index contributed by atoms with van der Waals surface area (Å²) in [5.74, 6) is 0. The van der Waals surface area contributed by atoms with E-state index in [2.05, 4.69) is 4.98 Å². The number of pyridine rings is 1. The molecule has 3 nitrogen and oxygen atoms in total. The minimum absolute atomic E-state index is 0.0400. The van der Waals surface area contributed by atoms with E-state index < -0.39 is 0 Å². The normalized spacial score (nSPS) is 10.3. The van der Waals surface area contributed by atoms with Crippen molar-refractivity contribution in [2.75, 3.05) is 5.73 Å². The summed E-state index contributed by atoms with van der Waals surface area (Å²) in [6.45, 7) is 0. The van der Waals surface area contributed by atoms with Crippen molar-refractivity contribution in [1.82, 2.24) is 4.98 Å². The number of anilines is 1. The van der Waals surface area contributed by atoms with E-state index >= 15 is 0 Å². The van der Waals surface area contributed by atoms with Crippen molar-refractivity contribution in [2.45, 2.75) is 0 Å². The van der Waals surface area contributed by atoms with Crippen molar-refractivity contribution in [3.8, 4) is 0 Å². The van der Waals surface area contributed by atoms with Gasteiger partial charge >= 0.3 is 0 Å². The molecule has 2 rings (SSSR count). The predicted molar refractivity (Wildman–Crippen MR) is 49.0 cm³/mol. The SMILES string of the molecule is Nc1cccc2[nH]ccc(=O)c12. The third-order valence-electron chi connectivity index (χ3n) is 1.82. The van der Waals surface area contributed by atoms with Crippen LogP contribution in [0.5, 0.6) is 0 Å². The molecule has 0 atom stereocenters. The maximum Gasteiger partial charge on any atom is 0.191 e. The van der Waals surface area contributed by atoms with E-state index in [1.165, 1.54) is 6.07 Å². The second-order valence-electron chi connectivity index (χ2n) is 2.61. The number of hydrogen-bond acceptors (Lipinski definition) is 2. The highest BCUT2D eigenvalue weighted by molar-refractivity contribution is 5.89. The summed E-state index contributed by atoms with van der Waals surface area (Å²) in [5.41, 5.74) is 6.90. The third kappa shape index (κ3) is 0.871. The lowest BCUT2D eigenvalue weighted by atomic mass is 10.2. The van der Waals surface area contributed by atoms with E-state index in [0.717, 1.165) is 5.52 Å². The van der Waals surface area contributed by atoms with Gasteiger partial charge in [0.15, 0.2) is 5.43 Å². The molecule has 0 saturated carbocycles. The summed E-state index contributed by atoms with van der Waals surface area (Å²) in [5, 5.41) is 0.569. The van der Waals surface area contributed by atoms with E-state index in [1.54, 1.807) is 12.3 Å². The van der Waals surface area contributed by atoms with Crippen LogP contribution in [0.25, 0.3) is 10.9 Å². The topological polar surface area (TPSA) is 58.9 Å². The first kappa shape index (κ1) is 6.91. The lowest BCUT2D eigenvalue weighted by Gasteiger charge is -1.98. The molecule has 0 bridgehead atoms. The number of nitrogens with one attached hydrogen (secondary N) is 1. The molecule has 0 unspecified atom stereocenters. The minimum atomic E-state index is -0.0400. The van der Waals surface area contributed by atoms with Crippen molar-refractivity contribution in [3.63, 3.8) is 0 Å². The van der Waals surface area contributed by atoms with Gasteiger partial charge in [0, 0.05) is 18.0 Å². The van der Waals surface area contributed by atoms with Crippen LogP contribution in [0.15, 0.2) is 35.3 Å². The highest BCUT2D eigenvalue weighted by Crippen LogP contribution is 2.13. The Kier molecular flexibility index (Phi) is 1.37. The predicted octanol–water partition coefficient (Wildman–Crippen LogP) is 1.11. The molecule has 0 spiro atoms. The van der Waals surface area contributed by atoms with Gasteiger partial charge in [-0.15, -0.1) is 0 Å². The second kappa shape index (κ2) is 2.37.